The van der Waals surface area contributed by atoms with Gasteiger partial charge in [-0.3, -0.25) is 9.69 Å². The third-order valence-corrected chi connectivity index (χ3v) is 4.69. The second-order valence-corrected chi connectivity index (χ2v) is 6.42. The zero-order valence-corrected chi connectivity index (χ0v) is 12.8. The van der Waals surface area contributed by atoms with E-state index in [1.807, 2.05) is 24.0 Å². The maximum absolute atomic E-state index is 12.7. The molecule has 1 aromatic carbocycles. The molecule has 4 nitrogen and oxygen atoms in total. The van der Waals surface area contributed by atoms with Gasteiger partial charge in [-0.2, -0.15) is 0 Å². The van der Waals surface area contributed by atoms with Gasteiger partial charge in [0, 0.05) is 30.4 Å². The van der Waals surface area contributed by atoms with Gasteiger partial charge in [0.25, 0.3) is 5.91 Å². The summed E-state index contributed by atoms with van der Waals surface area (Å²) in [5, 5.41) is 0. The van der Waals surface area contributed by atoms with Crippen molar-refractivity contribution in [3.8, 4) is 0 Å². The number of rotatable bonds is 2. The summed E-state index contributed by atoms with van der Waals surface area (Å²) in [4.78, 5) is 17.3. The number of nitrogen functional groups attached to an aromatic ring is 1. The molecule has 0 bridgehead atoms. The molecule has 2 aliphatic heterocycles. The lowest BCUT2D eigenvalue weighted by molar-refractivity contribution is 0.0608. The summed E-state index contributed by atoms with van der Waals surface area (Å²) in [7, 11) is 0. The molecule has 2 fully saturated rings. The van der Waals surface area contributed by atoms with E-state index in [2.05, 4.69) is 4.90 Å². The van der Waals surface area contributed by atoms with Gasteiger partial charge in [0.2, 0.25) is 0 Å². The zero-order valence-electron chi connectivity index (χ0n) is 12.8. The van der Waals surface area contributed by atoms with E-state index in [4.69, 9.17) is 5.73 Å². The highest BCUT2D eigenvalue weighted by Crippen LogP contribution is 2.22. The lowest BCUT2D eigenvalue weighted by atomic mass is 10.0. The molecule has 1 aromatic rings. The van der Waals surface area contributed by atoms with Crippen molar-refractivity contribution in [2.75, 3.05) is 31.9 Å². The summed E-state index contributed by atoms with van der Waals surface area (Å²) < 4.78 is 0. The highest BCUT2D eigenvalue weighted by molar-refractivity contribution is 5.95. The third kappa shape index (κ3) is 3.21. The Bertz CT molecular complexity index is 503. The molecule has 3 rings (SSSR count). The minimum Gasteiger partial charge on any atom is -0.399 e. The molecule has 1 amide bonds. The standard InChI is InChI=1S/C17H25N3O/c1-13-9-14(11-15(18)10-13)17(21)20-8-4-5-16(12-20)19-6-2-3-7-19/h9-11,16H,2-8,12,18H2,1H3. The Hall–Kier alpha value is -1.55. The molecule has 114 valence electrons. The topological polar surface area (TPSA) is 49.6 Å². The minimum absolute atomic E-state index is 0.134. The van der Waals surface area contributed by atoms with E-state index in [0.29, 0.717) is 11.7 Å². The molecule has 0 saturated carbocycles. The number of hydrogen-bond acceptors (Lipinski definition) is 3. The predicted molar refractivity (Wildman–Crippen MR) is 85.3 cm³/mol. The van der Waals surface area contributed by atoms with Crippen LogP contribution in [0.15, 0.2) is 18.2 Å². The Labute approximate surface area is 126 Å². The SMILES string of the molecule is Cc1cc(N)cc(C(=O)N2CCCC(N3CCCC3)C2)c1. The molecule has 0 spiro atoms. The van der Waals surface area contributed by atoms with Crippen LogP contribution in [-0.4, -0.2) is 47.9 Å². The molecule has 2 saturated heterocycles. The molecule has 21 heavy (non-hydrogen) atoms. The molecule has 2 N–H and O–H groups in total. The van der Waals surface area contributed by atoms with Gasteiger partial charge in [0.15, 0.2) is 0 Å². The van der Waals surface area contributed by atoms with E-state index < -0.39 is 0 Å². The van der Waals surface area contributed by atoms with E-state index in [-0.39, 0.29) is 5.91 Å². The smallest absolute Gasteiger partial charge is 0.253 e. The van der Waals surface area contributed by atoms with Crippen LogP contribution in [0.2, 0.25) is 0 Å². The van der Waals surface area contributed by atoms with Crippen LogP contribution >= 0.6 is 0 Å². The summed E-state index contributed by atoms with van der Waals surface area (Å²) in [5.74, 6) is 0.134. The molecule has 0 aromatic heterocycles. The van der Waals surface area contributed by atoms with Crippen LogP contribution in [0.4, 0.5) is 5.69 Å². The minimum atomic E-state index is 0.134. The Morgan fingerprint density at radius 3 is 2.62 bits per heavy atom. The second-order valence-electron chi connectivity index (χ2n) is 6.42. The number of likely N-dealkylation sites (tertiary alicyclic amines) is 2. The van der Waals surface area contributed by atoms with Crippen LogP contribution < -0.4 is 5.73 Å². The first kappa shape index (κ1) is 14.4. The first-order valence-electron chi connectivity index (χ1n) is 8.04. The van der Waals surface area contributed by atoms with Crippen LogP contribution in [0, 0.1) is 6.92 Å². The summed E-state index contributed by atoms with van der Waals surface area (Å²) >= 11 is 0. The number of nitrogens with zero attached hydrogens (tertiary/aromatic N) is 2. The second kappa shape index (κ2) is 6.06. The van der Waals surface area contributed by atoms with Crippen LogP contribution in [0.5, 0.6) is 0 Å². The maximum Gasteiger partial charge on any atom is 0.253 e. The summed E-state index contributed by atoms with van der Waals surface area (Å²) in [5.41, 5.74) is 8.33. The third-order valence-electron chi connectivity index (χ3n) is 4.69. The number of carbonyl (C=O) groups excluding carboxylic acids is 1. The quantitative estimate of drug-likeness (QED) is 0.849. The largest absolute Gasteiger partial charge is 0.399 e. The fourth-order valence-corrected chi connectivity index (χ4v) is 3.66. The van der Waals surface area contributed by atoms with Crippen LogP contribution in [0.1, 0.15) is 41.6 Å². The monoisotopic (exact) mass is 287 g/mol. The van der Waals surface area contributed by atoms with E-state index in [1.54, 1.807) is 6.07 Å². The Balaban J connectivity index is 1.71. The molecular weight excluding hydrogens is 262 g/mol. The number of aryl methyl sites for hydroxylation is 1. The van der Waals surface area contributed by atoms with E-state index in [9.17, 15) is 4.79 Å². The average molecular weight is 287 g/mol. The van der Waals surface area contributed by atoms with Crippen molar-refractivity contribution in [1.29, 1.82) is 0 Å². The average Bonchev–Trinajstić information content (AvgIpc) is 3.00. The van der Waals surface area contributed by atoms with E-state index in [1.165, 1.54) is 32.4 Å². The summed E-state index contributed by atoms with van der Waals surface area (Å²) in [6.07, 6.45) is 4.94. The summed E-state index contributed by atoms with van der Waals surface area (Å²) in [6.45, 7) is 6.12. The van der Waals surface area contributed by atoms with Gasteiger partial charge in [-0.1, -0.05) is 0 Å². The Morgan fingerprint density at radius 2 is 1.90 bits per heavy atom. The van der Waals surface area contributed by atoms with Gasteiger partial charge in [0.05, 0.1) is 0 Å². The lowest BCUT2D eigenvalue weighted by Gasteiger charge is -2.37. The van der Waals surface area contributed by atoms with E-state index >= 15 is 0 Å². The molecule has 0 aliphatic carbocycles. The number of nitrogens with two attached hydrogens (primary N) is 1. The van der Waals surface area contributed by atoms with Crippen molar-refractivity contribution in [3.63, 3.8) is 0 Å². The van der Waals surface area contributed by atoms with Crippen molar-refractivity contribution in [2.24, 2.45) is 0 Å². The van der Waals surface area contributed by atoms with Gasteiger partial charge >= 0.3 is 0 Å². The fraction of sp³-hybridized carbons (Fsp3) is 0.588. The number of carbonyl (C=O) groups is 1. The number of amides is 1. The Kier molecular flexibility index (Phi) is 4.15. The van der Waals surface area contributed by atoms with Crippen LogP contribution in [0.25, 0.3) is 0 Å². The number of benzene rings is 1. The van der Waals surface area contributed by atoms with Gasteiger partial charge in [-0.25, -0.2) is 0 Å². The molecule has 2 heterocycles. The van der Waals surface area contributed by atoms with Crippen molar-refractivity contribution >= 4 is 11.6 Å². The van der Waals surface area contributed by atoms with E-state index in [0.717, 1.165) is 30.6 Å². The molecule has 2 aliphatic rings. The maximum atomic E-state index is 12.7. The number of piperidine rings is 1. The van der Waals surface area contributed by atoms with Crippen molar-refractivity contribution in [3.05, 3.63) is 29.3 Å². The normalized spacial score (nSPS) is 23.5. The zero-order chi connectivity index (χ0) is 14.8. The molecular formula is C17H25N3O. The Morgan fingerprint density at radius 1 is 1.14 bits per heavy atom. The van der Waals surface area contributed by atoms with Crippen molar-refractivity contribution in [2.45, 2.75) is 38.6 Å². The highest BCUT2D eigenvalue weighted by Gasteiger charge is 2.29. The van der Waals surface area contributed by atoms with Crippen molar-refractivity contribution < 1.29 is 4.79 Å². The number of hydrogen-bond donors (Lipinski definition) is 1. The van der Waals surface area contributed by atoms with Gasteiger partial charge in [-0.05, 0) is 69.5 Å². The van der Waals surface area contributed by atoms with Crippen molar-refractivity contribution in [1.82, 2.24) is 9.80 Å². The van der Waals surface area contributed by atoms with Gasteiger partial charge in [-0.15, -0.1) is 0 Å². The summed E-state index contributed by atoms with van der Waals surface area (Å²) in [6, 6.07) is 6.19. The highest BCUT2D eigenvalue weighted by atomic mass is 16.2. The van der Waals surface area contributed by atoms with Gasteiger partial charge < -0.3 is 10.6 Å². The molecule has 0 radical (unpaired) electrons. The number of anilines is 1. The van der Waals surface area contributed by atoms with Gasteiger partial charge in [0.1, 0.15) is 0 Å². The first-order valence-corrected chi connectivity index (χ1v) is 8.04. The molecule has 1 atom stereocenters. The fourth-order valence-electron chi connectivity index (χ4n) is 3.66. The predicted octanol–water partition coefficient (Wildman–Crippen LogP) is 2.28. The first-order chi connectivity index (χ1) is 10.1. The molecule has 4 heteroatoms. The lowest BCUT2D eigenvalue weighted by Crippen LogP contribution is -2.49. The van der Waals surface area contributed by atoms with Crippen LogP contribution in [0.3, 0.4) is 0 Å². The van der Waals surface area contributed by atoms with Crippen LogP contribution in [-0.2, 0) is 0 Å². The molecule has 1 unspecified atom stereocenters.